The maximum Gasteiger partial charge on any atom is 0.269 e. The number of nitro benzene ring substituents is 1. The van der Waals surface area contributed by atoms with Gasteiger partial charge in [-0.2, -0.15) is 0 Å². The molecule has 0 radical (unpaired) electrons. The molecule has 106 valence electrons. The predicted octanol–water partition coefficient (Wildman–Crippen LogP) is 3.01. The van der Waals surface area contributed by atoms with E-state index in [-0.39, 0.29) is 11.6 Å². The summed E-state index contributed by atoms with van der Waals surface area (Å²) in [4.78, 5) is 22.2. The van der Waals surface area contributed by atoms with Crippen molar-refractivity contribution in [2.75, 3.05) is 10.6 Å². The first-order chi connectivity index (χ1) is 10.0. The number of aryl methyl sites for hydroxylation is 1. The van der Waals surface area contributed by atoms with Crippen LogP contribution >= 0.6 is 0 Å². The largest absolute Gasteiger partial charge is 0.370 e. The van der Waals surface area contributed by atoms with E-state index in [4.69, 9.17) is 0 Å². The summed E-state index contributed by atoms with van der Waals surface area (Å²) in [5, 5.41) is 16.6. The van der Waals surface area contributed by atoms with Gasteiger partial charge in [0.25, 0.3) is 11.6 Å². The van der Waals surface area contributed by atoms with Crippen molar-refractivity contribution in [3.05, 3.63) is 63.7 Å². The Labute approximate surface area is 120 Å². The Balaban J connectivity index is 1.87. The molecule has 0 fully saturated rings. The van der Waals surface area contributed by atoms with E-state index in [1.54, 1.807) is 12.1 Å². The summed E-state index contributed by atoms with van der Waals surface area (Å²) in [6.45, 7) is 1.96. The van der Waals surface area contributed by atoms with E-state index in [0.29, 0.717) is 5.69 Å². The lowest BCUT2D eigenvalue weighted by molar-refractivity contribution is -0.384. The summed E-state index contributed by atoms with van der Waals surface area (Å²) in [6, 6.07) is 11.3. The fourth-order valence-corrected chi connectivity index (χ4v) is 2.37. The minimum absolute atomic E-state index is 0.0210. The van der Waals surface area contributed by atoms with E-state index in [0.717, 1.165) is 16.8 Å². The van der Waals surface area contributed by atoms with Crippen LogP contribution in [0.1, 0.15) is 17.2 Å². The van der Waals surface area contributed by atoms with Gasteiger partial charge >= 0.3 is 0 Å². The lowest BCUT2D eigenvalue weighted by Crippen LogP contribution is -2.19. The first-order valence-electron chi connectivity index (χ1n) is 6.47. The summed E-state index contributed by atoms with van der Waals surface area (Å²) in [7, 11) is 0. The third kappa shape index (κ3) is 2.43. The Kier molecular flexibility index (Phi) is 3.06. The van der Waals surface area contributed by atoms with Gasteiger partial charge in [0, 0.05) is 29.1 Å². The Hall–Kier alpha value is -2.89. The number of benzene rings is 2. The van der Waals surface area contributed by atoms with Gasteiger partial charge in [-0.25, -0.2) is 0 Å². The summed E-state index contributed by atoms with van der Waals surface area (Å²) >= 11 is 0. The average Bonchev–Trinajstić information content (AvgIpc) is 2.76. The molecule has 1 aliphatic heterocycles. The smallest absolute Gasteiger partial charge is 0.269 e. The third-order valence-corrected chi connectivity index (χ3v) is 3.43. The van der Waals surface area contributed by atoms with E-state index in [1.807, 2.05) is 25.1 Å². The van der Waals surface area contributed by atoms with E-state index in [9.17, 15) is 14.9 Å². The van der Waals surface area contributed by atoms with Gasteiger partial charge in [-0.1, -0.05) is 17.7 Å². The van der Waals surface area contributed by atoms with E-state index in [1.165, 1.54) is 12.1 Å². The number of amides is 1. The van der Waals surface area contributed by atoms with Crippen LogP contribution in [0.2, 0.25) is 0 Å². The maximum absolute atomic E-state index is 12.0. The number of rotatable bonds is 3. The Morgan fingerprint density at radius 1 is 1.19 bits per heavy atom. The quantitative estimate of drug-likeness (QED) is 0.670. The molecule has 0 saturated heterocycles. The molecule has 6 nitrogen and oxygen atoms in total. The number of carbonyl (C=O) groups excluding carboxylic acids is 1. The van der Waals surface area contributed by atoms with Gasteiger partial charge in [-0.3, -0.25) is 14.9 Å². The van der Waals surface area contributed by atoms with Crippen molar-refractivity contribution >= 4 is 23.0 Å². The SMILES string of the molecule is Cc1ccc2c(c1)C(Nc1ccc([N+](=O)[O-])cc1)C(=O)N2. The molecule has 3 rings (SSSR count). The molecule has 1 amide bonds. The molecule has 21 heavy (non-hydrogen) atoms. The number of nitrogens with one attached hydrogen (secondary N) is 2. The predicted molar refractivity (Wildman–Crippen MR) is 79.3 cm³/mol. The summed E-state index contributed by atoms with van der Waals surface area (Å²) in [6.07, 6.45) is 0. The number of nitrogens with zero attached hydrogens (tertiary/aromatic N) is 1. The van der Waals surface area contributed by atoms with Gasteiger partial charge in [0.2, 0.25) is 0 Å². The first kappa shape index (κ1) is 13.1. The zero-order valence-corrected chi connectivity index (χ0v) is 11.3. The molecule has 0 spiro atoms. The number of nitro groups is 1. The van der Waals surface area contributed by atoms with Crippen LogP contribution in [0.3, 0.4) is 0 Å². The number of hydrogen-bond acceptors (Lipinski definition) is 4. The second-order valence-corrected chi connectivity index (χ2v) is 4.96. The minimum Gasteiger partial charge on any atom is -0.370 e. The second-order valence-electron chi connectivity index (χ2n) is 4.96. The Morgan fingerprint density at radius 3 is 2.57 bits per heavy atom. The third-order valence-electron chi connectivity index (χ3n) is 3.43. The molecule has 6 heteroatoms. The highest BCUT2D eigenvalue weighted by atomic mass is 16.6. The number of hydrogen-bond donors (Lipinski definition) is 2. The van der Waals surface area contributed by atoms with Gasteiger partial charge < -0.3 is 10.6 Å². The van der Waals surface area contributed by atoms with Crippen LogP contribution in [0.25, 0.3) is 0 Å². The number of anilines is 2. The second kappa shape index (κ2) is 4.90. The van der Waals surface area contributed by atoms with Crippen molar-refractivity contribution in [3.63, 3.8) is 0 Å². The molecule has 2 aromatic carbocycles. The van der Waals surface area contributed by atoms with Crippen LogP contribution in [-0.2, 0) is 4.79 Å². The van der Waals surface area contributed by atoms with Gasteiger partial charge in [-0.05, 0) is 25.1 Å². The molecule has 2 N–H and O–H groups in total. The standard InChI is InChI=1S/C15H13N3O3/c1-9-2-7-13-12(8-9)14(15(19)17-13)16-10-3-5-11(6-4-10)18(20)21/h2-8,14,16H,1H3,(H,17,19). The van der Waals surface area contributed by atoms with Crippen molar-refractivity contribution in [2.24, 2.45) is 0 Å². The van der Waals surface area contributed by atoms with Gasteiger partial charge in [0.1, 0.15) is 6.04 Å². The highest BCUT2D eigenvalue weighted by Gasteiger charge is 2.30. The first-order valence-corrected chi connectivity index (χ1v) is 6.47. The lowest BCUT2D eigenvalue weighted by Gasteiger charge is -2.13. The molecule has 1 aliphatic rings. The normalized spacial score (nSPS) is 16.2. The molecule has 0 aromatic heterocycles. The summed E-state index contributed by atoms with van der Waals surface area (Å²) in [5.74, 6) is -0.131. The Morgan fingerprint density at radius 2 is 1.90 bits per heavy atom. The Bertz CT molecular complexity index is 725. The van der Waals surface area contributed by atoms with Crippen molar-refractivity contribution in [1.29, 1.82) is 0 Å². The van der Waals surface area contributed by atoms with E-state index < -0.39 is 11.0 Å². The molecular formula is C15H13N3O3. The highest BCUT2D eigenvalue weighted by molar-refractivity contribution is 6.04. The van der Waals surface area contributed by atoms with Crippen molar-refractivity contribution < 1.29 is 9.72 Å². The maximum atomic E-state index is 12.0. The zero-order valence-electron chi connectivity index (χ0n) is 11.3. The van der Waals surface area contributed by atoms with Gasteiger partial charge in [0.15, 0.2) is 0 Å². The highest BCUT2D eigenvalue weighted by Crippen LogP contribution is 2.34. The van der Waals surface area contributed by atoms with E-state index >= 15 is 0 Å². The van der Waals surface area contributed by atoms with Crippen LogP contribution in [0.5, 0.6) is 0 Å². The van der Waals surface area contributed by atoms with Crippen LogP contribution in [-0.4, -0.2) is 10.8 Å². The van der Waals surface area contributed by atoms with Gasteiger partial charge in [0.05, 0.1) is 4.92 Å². The number of non-ortho nitro benzene ring substituents is 1. The number of fused-ring (bicyclic) bond motifs is 1. The molecule has 1 unspecified atom stereocenters. The van der Waals surface area contributed by atoms with Crippen LogP contribution in [0, 0.1) is 17.0 Å². The fourth-order valence-electron chi connectivity index (χ4n) is 2.37. The lowest BCUT2D eigenvalue weighted by atomic mass is 10.1. The summed E-state index contributed by atoms with van der Waals surface area (Å²) < 4.78 is 0. The van der Waals surface area contributed by atoms with Crippen LogP contribution in [0.15, 0.2) is 42.5 Å². The van der Waals surface area contributed by atoms with E-state index in [2.05, 4.69) is 10.6 Å². The molecule has 1 atom stereocenters. The summed E-state index contributed by atoms with van der Waals surface area (Å²) in [5.41, 5.74) is 3.44. The molecule has 0 saturated carbocycles. The van der Waals surface area contributed by atoms with Crippen molar-refractivity contribution in [1.82, 2.24) is 0 Å². The molecular weight excluding hydrogens is 270 g/mol. The molecule has 1 heterocycles. The average molecular weight is 283 g/mol. The zero-order chi connectivity index (χ0) is 15.0. The van der Waals surface area contributed by atoms with Crippen LogP contribution in [0.4, 0.5) is 17.1 Å². The van der Waals surface area contributed by atoms with Crippen LogP contribution < -0.4 is 10.6 Å². The minimum atomic E-state index is -0.485. The molecule has 0 bridgehead atoms. The van der Waals surface area contributed by atoms with Crippen molar-refractivity contribution in [3.8, 4) is 0 Å². The fraction of sp³-hybridized carbons (Fsp3) is 0.133. The number of carbonyl (C=O) groups is 1. The van der Waals surface area contributed by atoms with Crippen molar-refractivity contribution in [2.45, 2.75) is 13.0 Å². The van der Waals surface area contributed by atoms with Gasteiger partial charge in [-0.15, -0.1) is 0 Å². The topological polar surface area (TPSA) is 84.3 Å². The molecule has 2 aromatic rings. The monoisotopic (exact) mass is 283 g/mol. The molecule has 0 aliphatic carbocycles.